The van der Waals surface area contributed by atoms with E-state index in [4.69, 9.17) is 4.74 Å². The summed E-state index contributed by atoms with van der Waals surface area (Å²) in [7, 11) is 0. The molecular formula is C21H23NO3. The Balaban J connectivity index is 1.81. The standard InChI is InChI=1S/C21H23NO3/c1-20(2,3)25-19(24)22-21(11-12-21)18-6-4-5-17(13-18)16-9-7-15(14-23)8-10-16/h4-10,13-14H,11-12H2,1-3H3,(H,22,24). The van der Waals surface area contributed by atoms with Gasteiger partial charge in [0.05, 0.1) is 5.54 Å². The van der Waals surface area contributed by atoms with Crippen molar-refractivity contribution in [2.45, 2.75) is 44.8 Å². The van der Waals surface area contributed by atoms with Crippen LogP contribution >= 0.6 is 0 Å². The third kappa shape index (κ3) is 4.08. The van der Waals surface area contributed by atoms with Crippen LogP contribution in [0.2, 0.25) is 0 Å². The summed E-state index contributed by atoms with van der Waals surface area (Å²) in [5.74, 6) is 0. The quantitative estimate of drug-likeness (QED) is 0.824. The van der Waals surface area contributed by atoms with E-state index in [1.165, 1.54) is 0 Å². The zero-order chi connectivity index (χ0) is 18.1. The van der Waals surface area contributed by atoms with Crippen LogP contribution in [0.3, 0.4) is 0 Å². The van der Waals surface area contributed by atoms with Crippen molar-refractivity contribution in [3.05, 3.63) is 59.7 Å². The maximum atomic E-state index is 12.1. The molecule has 1 saturated carbocycles. The maximum absolute atomic E-state index is 12.1. The molecule has 2 aromatic rings. The number of aldehydes is 1. The second-order valence-electron chi connectivity index (χ2n) is 7.53. The van der Waals surface area contributed by atoms with Crippen LogP contribution in [0.4, 0.5) is 4.79 Å². The molecule has 0 unspecified atom stereocenters. The van der Waals surface area contributed by atoms with Crippen molar-refractivity contribution in [3.8, 4) is 11.1 Å². The lowest BCUT2D eigenvalue weighted by molar-refractivity contribution is 0.0495. The fraction of sp³-hybridized carbons (Fsp3) is 0.333. The van der Waals surface area contributed by atoms with E-state index in [0.717, 1.165) is 35.8 Å². The molecule has 2 aromatic carbocycles. The zero-order valence-electron chi connectivity index (χ0n) is 14.8. The minimum Gasteiger partial charge on any atom is -0.444 e. The van der Waals surface area contributed by atoms with Crippen LogP contribution in [-0.2, 0) is 10.3 Å². The summed E-state index contributed by atoms with van der Waals surface area (Å²) < 4.78 is 5.39. The van der Waals surface area contributed by atoms with Gasteiger partial charge in [-0.25, -0.2) is 4.79 Å². The summed E-state index contributed by atoms with van der Waals surface area (Å²) in [6, 6.07) is 15.6. The Kier molecular flexibility index (Phi) is 4.38. The van der Waals surface area contributed by atoms with Gasteiger partial charge in [-0.05, 0) is 56.4 Å². The molecule has 1 fully saturated rings. The van der Waals surface area contributed by atoms with Crippen LogP contribution < -0.4 is 5.32 Å². The third-order valence-corrected chi connectivity index (χ3v) is 4.29. The Bertz CT molecular complexity index is 784. The number of carbonyl (C=O) groups is 2. The van der Waals surface area contributed by atoms with Gasteiger partial charge in [0.1, 0.15) is 11.9 Å². The van der Waals surface area contributed by atoms with Gasteiger partial charge in [0, 0.05) is 5.56 Å². The average molecular weight is 337 g/mol. The first-order valence-electron chi connectivity index (χ1n) is 8.49. The van der Waals surface area contributed by atoms with E-state index >= 15 is 0 Å². The highest BCUT2D eigenvalue weighted by Gasteiger charge is 2.46. The fourth-order valence-corrected chi connectivity index (χ4v) is 2.86. The lowest BCUT2D eigenvalue weighted by atomic mass is 9.97. The molecule has 25 heavy (non-hydrogen) atoms. The number of hydrogen-bond donors (Lipinski definition) is 1. The predicted octanol–water partition coefficient (Wildman–Crippen LogP) is 4.68. The number of amides is 1. The van der Waals surface area contributed by atoms with E-state index in [9.17, 15) is 9.59 Å². The second kappa shape index (κ2) is 6.36. The molecule has 0 radical (unpaired) electrons. The molecule has 0 bridgehead atoms. The SMILES string of the molecule is CC(C)(C)OC(=O)NC1(c2cccc(-c3ccc(C=O)cc3)c2)CC1. The van der Waals surface area contributed by atoms with Crippen molar-refractivity contribution < 1.29 is 14.3 Å². The minimum atomic E-state index is -0.512. The van der Waals surface area contributed by atoms with Crippen LogP contribution in [0, 0.1) is 0 Å². The molecule has 4 heteroatoms. The van der Waals surface area contributed by atoms with Gasteiger partial charge in [-0.1, -0.05) is 42.5 Å². The van der Waals surface area contributed by atoms with Gasteiger partial charge >= 0.3 is 6.09 Å². The number of nitrogens with one attached hydrogen (secondary N) is 1. The summed E-state index contributed by atoms with van der Waals surface area (Å²) in [5, 5.41) is 3.03. The van der Waals surface area contributed by atoms with Gasteiger partial charge in [0.25, 0.3) is 0 Å². The highest BCUT2D eigenvalue weighted by atomic mass is 16.6. The van der Waals surface area contributed by atoms with Crippen molar-refractivity contribution in [2.24, 2.45) is 0 Å². The molecule has 1 aliphatic carbocycles. The van der Waals surface area contributed by atoms with Gasteiger partial charge in [0.15, 0.2) is 0 Å². The smallest absolute Gasteiger partial charge is 0.408 e. The van der Waals surface area contributed by atoms with E-state index < -0.39 is 5.60 Å². The average Bonchev–Trinajstić information content (AvgIpc) is 3.34. The Morgan fingerprint density at radius 3 is 2.32 bits per heavy atom. The van der Waals surface area contributed by atoms with E-state index in [1.807, 2.05) is 51.1 Å². The van der Waals surface area contributed by atoms with Crippen molar-refractivity contribution >= 4 is 12.4 Å². The number of alkyl carbamates (subject to hydrolysis) is 1. The largest absolute Gasteiger partial charge is 0.444 e. The molecule has 0 saturated heterocycles. The van der Waals surface area contributed by atoms with E-state index in [0.29, 0.717) is 5.56 Å². The number of benzene rings is 2. The first-order valence-corrected chi connectivity index (χ1v) is 8.49. The van der Waals surface area contributed by atoms with E-state index in [2.05, 4.69) is 11.4 Å². The third-order valence-electron chi connectivity index (χ3n) is 4.29. The number of ether oxygens (including phenoxy) is 1. The van der Waals surface area contributed by atoms with Gasteiger partial charge in [0.2, 0.25) is 0 Å². The maximum Gasteiger partial charge on any atom is 0.408 e. The molecule has 3 rings (SSSR count). The number of hydrogen-bond acceptors (Lipinski definition) is 3. The molecule has 0 heterocycles. The topological polar surface area (TPSA) is 55.4 Å². The molecule has 0 atom stereocenters. The Hall–Kier alpha value is -2.62. The van der Waals surface area contributed by atoms with Gasteiger partial charge in [-0.2, -0.15) is 0 Å². The van der Waals surface area contributed by atoms with E-state index in [-0.39, 0.29) is 11.6 Å². The predicted molar refractivity (Wildman–Crippen MR) is 97.5 cm³/mol. The van der Waals surface area contributed by atoms with Crippen LogP contribution in [0.1, 0.15) is 49.5 Å². The van der Waals surface area contributed by atoms with Crippen molar-refractivity contribution in [1.29, 1.82) is 0 Å². The van der Waals surface area contributed by atoms with Crippen LogP contribution in [0.15, 0.2) is 48.5 Å². The number of carbonyl (C=O) groups excluding carboxylic acids is 2. The Morgan fingerprint density at radius 1 is 1.08 bits per heavy atom. The molecule has 130 valence electrons. The molecule has 0 aliphatic heterocycles. The second-order valence-corrected chi connectivity index (χ2v) is 7.53. The highest BCUT2D eigenvalue weighted by Crippen LogP contribution is 2.46. The van der Waals surface area contributed by atoms with Crippen molar-refractivity contribution in [2.75, 3.05) is 0 Å². The molecule has 0 aromatic heterocycles. The zero-order valence-corrected chi connectivity index (χ0v) is 14.8. The van der Waals surface area contributed by atoms with Crippen LogP contribution in [-0.4, -0.2) is 18.0 Å². The van der Waals surface area contributed by atoms with Gasteiger partial charge in [-0.15, -0.1) is 0 Å². The first-order chi connectivity index (χ1) is 11.8. The molecule has 1 amide bonds. The lowest BCUT2D eigenvalue weighted by Crippen LogP contribution is -2.39. The van der Waals surface area contributed by atoms with Gasteiger partial charge in [-0.3, -0.25) is 4.79 Å². The van der Waals surface area contributed by atoms with Gasteiger partial charge < -0.3 is 10.1 Å². The molecular weight excluding hydrogens is 314 g/mol. The lowest BCUT2D eigenvalue weighted by Gasteiger charge is -2.24. The summed E-state index contributed by atoms with van der Waals surface area (Å²) in [6.45, 7) is 5.57. The van der Waals surface area contributed by atoms with Crippen LogP contribution in [0.5, 0.6) is 0 Å². The monoisotopic (exact) mass is 337 g/mol. The highest BCUT2D eigenvalue weighted by molar-refractivity contribution is 5.77. The summed E-state index contributed by atoms with van der Waals surface area (Å²) in [6.07, 6.45) is 2.26. The van der Waals surface area contributed by atoms with Crippen molar-refractivity contribution in [1.82, 2.24) is 5.32 Å². The summed E-state index contributed by atoms with van der Waals surface area (Å²) >= 11 is 0. The normalized spacial score (nSPS) is 15.3. The Labute approximate surface area is 148 Å². The molecule has 1 aliphatic rings. The fourth-order valence-electron chi connectivity index (χ4n) is 2.86. The minimum absolute atomic E-state index is 0.332. The van der Waals surface area contributed by atoms with Crippen LogP contribution in [0.25, 0.3) is 11.1 Å². The summed E-state index contributed by atoms with van der Waals surface area (Å²) in [4.78, 5) is 22.9. The van der Waals surface area contributed by atoms with E-state index in [1.54, 1.807) is 12.1 Å². The molecule has 0 spiro atoms. The Morgan fingerprint density at radius 2 is 1.76 bits per heavy atom. The summed E-state index contributed by atoms with van der Waals surface area (Å²) in [5.41, 5.74) is 3.00. The first kappa shape index (κ1) is 17.2. The number of rotatable bonds is 4. The van der Waals surface area contributed by atoms with Crippen molar-refractivity contribution in [3.63, 3.8) is 0 Å². The molecule has 4 nitrogen and oxygen atoms in total. The molecule has 1 N–H and O–H groups in total.